The van der Waals surface area contributed by atoms with Gasteiger partial charge in [-0.1, -0.05) is 19.9 Å². The second-order valence-corrected chi connectivity index (χ2v) is 7.22. The number of halogens is 3. The minimum atomic E-state index is -4.91. The van der Waals surface area contributed by atoms with Crippen molar-refractivity contribution in [2.45, 2.75) is 38.3 Å². The summed E-state index contributed by atoms with van der Waals surface area (Å²) in [5.41, 5.74) is 1.10. The molecule has 0 N–H and O–H groups in total. The molecule has 1 saturated heterocycles. The Hall–Kier alpha value is -2.12. The minimum Gasteiger partial charge on any atom is -0.334 e. The quantitative estimate of drug-likeness (QED) is 0.579. The molecule has 0 spiro atoms. The summed E-state index contributed by atoms with van der Waals surface area (Å²) in [5, 5.41) is 11.0. The maximum atomic E-state index is 12.9. The molecule has 5 nitrogen and oxygen atoms in total. The van der Waals surface area contributed by atoms with Gasteiger partial charge in [0.1, 0.15) is 0 Å². The zero-order chi connectivity index (χ0) is 17.9. The summed E-state index contributed by atoms with van der Waals surface area (Å²) < 4.78 is 38.6. The first-order valence-electron chi connectivity index (χ1n) is 7.65. The molecule has 24 heavy (non-hydrogen) atoms. The predicted octanol–water partition coefficient (Wildman–Crippen LogP) is 3.60. The van der Waals surface area contributed by atoms with Gasteiger partial charge in [0.2, 0.25) is 0 Å². The van der Waals surface area contributed by atoms with Crippen LogP contribution in [0.1, 0.15) is 43.2 Å². The minimum absolute atomic E-state index is 0.0108. The van der Waals surface area contributed by atoms with Gasteiger partial charge in [-0.15, -0.1) is 0 Å². The van der Waals surface area contributed by atoms with Crippen LogP contribution in [0.25, 0.3) is 0 Å². The highest BCUT2D eigenvalue weighted by Crippen LogP contribution is 2.53. The average molecular weight is 342 g/mol. The van der Waals surface area contributed by atoms with Crippen LogP contribution in [0.4, 0.5) is 18.9 Å². The van der Waals surface area contributed by atoms with E-state index in [1.807, 2.05) is 13.8 Å². The van der Waals surface area contributed by atoms with E-state index < -0.39 is 17.0 Å². The topological polar surface area (TPSA) is 63.5 Å². The number of rotatable bonds is 1. The summed E-state index contributed by atoms with van der Waals surface area (Å²) in [5.74, 6) is -2.45. The Bertz CT molecular complexity index is 715. The highest BCUT2D eigenvalue weighted by molar-refractivity contribution is 5.82. The van der Waals surface area contributed by atoms with Gasteiger partial charge in [-0.25, -0.2) is 0 Å². The van der Waals surface area contributed by atoms with Crippen LogP contribution in [0.2, 0.25) is 0 Å². The SMILES string of the molecule is CC1(C)CC2CN(C(=O)C(F)(F)F)CC1c1cc([N+](=O)[O-])ccc12. The number of carbonyl (C=O) groups excluding carboxylic acids is 1. The van der Waals surface area contributed by atoms with Gasteiger partial charge in [-0.3, -0.25) is 14.9 Å². The number of fused-ring (bicyclic) bond motifs is 3. The number of nitro groups is 1. The van der Waals surface area contributed by atoms with Crippen molar-refractivity contribution >= 4 is 11.6 Å². The largest absolute Gasteiger partial charge is 0.471 e. The second-order valence-electron chi connectivity index (χ2n) is 7.22. The maximum absolute atomic E-state index is 12.9. The predicted molar refractivity (Wildman–Crippen MR) is 79.6 cm³/mol. The second kappa shape index (κ2) is 5.19. The molecule has 3 aliphatic rings. The number of hydrogen-bond acceptors (Lipinski definition) is 3. The Morgan fingerprint density at radius 1 is 1.29 bits per heavy atom. The van der Waals surface area contributed by atoms with E-state index in [1.54, 1.807) is 6.07 Å². The van der Waals surface area contributed by atoms with Gasteiger partial charge in [0.05, 0.1) is 4.92 Å². The van der Waals surface area contributed by atoms with E-state index in [2.05, 4.69) is 0 Å². The molecule has 4 rings (SSSR count). The van der Waals surface area contributed by atoms with Crippen LogP contribution < -0.4 is 0 Å². The molecule has 2 bridgehead atoms. The molecule has 0 radical (unpaired) electrons. The van der Waals surface area contributed by atoms with Crippen LogP contribution in [0.15, 0.2) is 18.2 Å². The van der Waals surface area contributed by atoms with Crippen molar-refractivity contribution in [1.82, 2.24) is 4.90 Å². The van der Waals surface area contributed by atoms with Gasteiger partial charge in [-0.2, -0.15) is 13.2 Å². The fourth-order valence-corrected chi connectivity index (χ4v) is 4.07. The lowest BCUT2D eigenvalue weighted by Crippen LogP contribution is -2.43. The number of carbonyl (C=O) groups is 1. The monoisotopic (exact) mass is 342 g/mol. The van der Waals surface area contributed by atoms with Gasteiger partial charge in [0.15, 0.2) is 0 Å². The Kier molecular flexibility index (Phi) is 3.62. The lowest BCUT2D eigenvalue weighted by atomic mass is 9.63. The third kappa shape index (κ3) is 2.63. The van der Waals surface area contributed by atoms with E-state index in [9.17, 15) is 28.1 Å². The molecule has 2 unspecified atom stereocenters. The van der Waals surface area contributed by atoms with E-state index in [1.165, 1.54) is 12.1 Å². The van der Waals surface area contributed by atoms with Crippen LogP contribution in [0.5, 0.6) is 0 Å². The molecule has 2 aliphatic heterocycles. The van der Waals surface area contributed by atoms with Crippen LogP contribution in [0, 0.1) is 15.5 Å². The van der Waals surface area contributed by atoms with E-state index in [4.69, 9.17) is 0 Å². The first kappa shape index (κ1) is 16.7. The van der Waals surface area contributed by atoms with Crippen molar-refractivity contribution in [2.75, 3.05) is 13.1 Å². The third-order valence-corrected chi connectivity index (χ3v) is 5.19. The van der Waals surface area contributed by atoms with E-state index in [-0.39, 0.29) is 36.0 Å². The van der Waals surface area contributed by atoms with Crippen LogP contribution in [-0.4, -0.2) is 35.0 Å². The molecule has 1 amide bonds. The fraction of sp³-hybridized carbons (Fsp3) is 0.562. The van der Waals surface area contributed by atoms with Crippen molar-refractivity contribution in [3.05, 3.63) is 39.4 Å². The average Bonchev–Trinajstić information content (AvgIpc) is 2.70. The third-order valence-electron chi connectivity index (χ3n) is 5.19. The van der Waals surface area contributed by atoms with Crippen molar-refractivity contribution < 1.29 is 22.9 Å². The fourth-order valence-electron chi connectivity index (χ4n) is 4.07. The smallest absolute Gasteiger partial charge is 0.334 e. The van der Waals surface area contributed by atoms with Gasteiger partial charge in [0.25, 0.3) is 5.69 Å². The van der Waals surface area contributed by atoms with Gasteiger partial charge < -0.3 is 4.90 Å². The lowest BCUT2D eigenvalue weighted by molar-refractivity contribution is -0.385. The molecule has 2 heterocycles. The van der Waals surface area contributed by atoms with Crippen molar-refractivity contribution in [2.24, 2.45) is 5.41 Å². The summed E-state index contributed by atoms with van der Waals surface area (Å²) in [6.07, 6.45) is -4.27. The Morgan fingerprint density at radius 2 is 1.96 bits per heavy atom. The molecular weight excluding hydrogens is 325 g/mol. The molecule has 130 valence electrons. The maximum Gasteiger partial charge on any atom is 0.471 e. The van der Waals surface area contributed by atoms with Gasteiger partial charge in [-0.05, 0) is 23.0 Å². The molecule has 2 atom stereocenters. The zero-order valence-electron chi connectivity index (χ0n) is 13.3. The number of nitrogens with zero attached hydrogens (tertiary/aromatic N) is 2. The number of benzene rings is 1. The molecule has 1 aliphatic carbocycles. The highest BCUT2D eigenvalue weighted by Gasteiger charge is 2.50. The molecular formula is C16H17F3N2O3. The number of alkyl halides is 3. The van der Waals surface area contributed by atoms with E-state index >= 15 is 0 Å². The number of amides is 1. The summed E-state index contributed by atoms with van der Waals surface area (Å²) in [6, 6.07) is 4.46. The van der Waals surface area contributed by atoms with Crippen molar-refractivity contribution in [3.63, 3.8) is 0 Å². The molecule has 1 aromatic rings. The normalized spacial score (nSPS) is 25.1. The number of nitro benzene ring substituents is 1. The molecule has 8 heteroatoms. The van der Waals surface area contributed by atoms with E-state index in [0.717, 1.165) is 10.5 Å². The van der Waals surface area contributed by atoms with Crippen LogP contribution in [0.3, 0.4) is 0 Å². The Balaban J connectivity index is 2.07. The first-order chi connectivity index (χ1) is 11.0. The number of hydrogen-bond donors (Lipinski definition) is 0. The lowest BCUT2D eigenvalue weighted by Gasteiger charge is -2.40. The van der Waals surface area contributed by atoms with Crippen molar-refractivity contribution in [1.29, 1.82) is 0 Å². The van der Waals surface area contributed by atoms with Gasteiger partial charge >= 0.3 is 12.1 Å². The van der Waals surface area contributed by atoms with Crippen molar-refractivity contribution in [3.8, 4) is 0 Å². The Morgan fingerprint density at radius 3 is 2.54 bits per heavy atom. The molecule has 1 fully saturated rings. The zero-order valence-corrected chi connectivity index (χ0v) is 13.3. The summed E-state index contributed by atoms with van der Waals surface area (Å²) >= 11 is 0. The summed E-state index contributed by atoms with van der Waals surface area (Å²) in [7, 11) is 0. The Labute approximate surface area is 136 Å². The molecule has 0 saturated carbocycles. The number of non-ortho nitro benzene ring substituents is 1. The van der Waals surface area contributed by atoms with E-state index in [0.29, 0.717) is 12.0 Å². The van der Waals surface area contributed by atoms with Gasteiger partial charge in [0, 0.05) is 37.1 Å². The standard InChI is InChI=1S/C16H17F3N2O3/c1-15(2)6-9-7-20(14(22)16(17,18)19)8-13(15)12-5-10(21(23)24)3-4-11(9)12/h3-5,9,13H,6-8H2,1-2H3. The van der Waals surface area contributed by atoms with Crippen LogP contribution >= 0.6 is 0 Å². The first-order valence-corrected chi connectivity index (χ1v) is 7.65. The highest BCUT2D eigenvalue weighted by atomic mass is 19.4. The summed E-state index contributed by atoms with van der Waals surface area (Å²) in [4.78, 5) is 23.1. The summed E-state index contributed by atoms with van der Waals surface area (Å²) in [6.45, 7) is 3.79. The van der Waals surface area contributed by atoms with Crippen LogP contribution in [-0.2, 0) is 4.79 Å². The molecule has 1 aromatic carbocycles. The molecule has 0 aromatic heterocycles.